The molecule has 0 radical (unpaired) electrons. The predicted octanol–water partition coefficient (Wildman–Crippen LogP) is 4.67. The molecule has 1 saturated carbocycles. The zero-order valence-corrected chi connectivity index (χ0v) is 11.7. The highest BCUT2D eigenvalue weighted by Gasteiger charge is 2.16. The van der Waals surface area contributed by atoms with Crippen LogP contribution in [0, 0.1) is 16.0 Å². The Morgan fingerprint density at radius 2 is 2.11 bits per heavy atom. The first-order valence-electron chi connectivity index (χ1n) is 6.17. The molecule has 0 aliphatic heterocycles. The van der Waals surface area contributed by atoms with Crippen molar-refractivity contribution in [1.29, 1.82) is 0 Å². The molecule has 1 aliphatic rings. The van der Waals surface area contributed by atoms with Crippen molar-refractivity contribution in [2.75, 3.05) is 5.75 Å². The summed E-state index contributed by atoms with van der Waals surface area (Å²) in [4.78, 5) is 10.3. The number of halogens is 1. The van der Waals surface area contributed by atoms with Crippen LogP contribution in [0.4, 0.5) is 5.69 Å². The van der Waals surface area contributed by atoms with Crippen LogP contribution < -0.4 is 0 Å². The van der Waals surface area contributed by atoms with Crippen molar-refractivity contribution < 1.29 is 4.92 Å². The molecule has 1 aromatic rings. The minimum absolute atomic E-state index is 0.00985. The summed E-state index contributed by atoms with van der Waals surface area (Å²) in [6, 6.07) is 5.08. The SMILES string of the molecule is O=[N+]([O-])c1cc(CSCC2CCCC2)ccc1Cl. The monoisotopic (exact) mass is 285 g/mol. The van der Waals surface area contributed by atoms with Crippen LogP contribution in [0.1, 0.15) is 31.2 Å². The van der Waals surface area contributed by atoms with Gasteiger partial charge in [-0.25, -0.2) is 0 Å². The van der Waals surface area contributed by atoms with Gasteiger partial charge >= 0.3 is 0 Å². The van der Waals surface area contributed by atoms with Crippen LogP contribution in [0.2, 0.25) is 5.02 Å². The molecule has 18 heavy (non-hydrogen) atoms. The predicted molar refractivity (Wildman–Crippen MR) is 76.2 cm³/mol. The summed E-state index contributed by atoms with van der Waals surface area (Å²) >= 11 is 7.64. The van der Waals surface area contributed by atoms with Gasteiger partial charge in [0, 0.05) is 11.8 Å². The highest BCUT2D eigenvalue weighted by Crippen LogP contribution is 2.30. The fraction of sp³-hybridized carbons (Fsp3) is 0.538. The van der Waals surface area contributed by atoms with Crippen molar-refractivity contribution in [2.24, 2.45) is 5.92 Å². The number of nitro groups is 1. The van der Waals surface area contributed by atoms with E-state index in [0.717, 1.165) is 23.0 Å². The molecule has 0 atom stereocenters. The van der Waals surface area contributed by atoms with Crippen molar-refractivity contribution in [3.8, 4) is 0 Å². The van der Waals surface area contributed by atoms with Crippen LogP contribution in [-0.4, -0.2) is 10.7 Å². The van der Waals surface area contributed by atoms with Crippen LogP contribution in [-0.2, 0) is 5.75 Å². The standard InChI is InChI=1S/C13H16ClNO2S/c14-12-6-5-11(7-13(12)15(16)17)9-18-8-10-3-1-2-4-10/h5-7,10H,1-4,8-9H2. The van der Waals surface area contributed by atoms with E-state index >= 15 is 0 Å². The Labute approximate surface area is 116 Å². The lowest BCUT2D eigenvalue weighted by Gasteiger charge is -2.08. The molecule has 0 heterocycles. The number of rotatable bonds is 5. The molecule has 5 heteroatoms. The molecule has 0 saturated heterocycles. The van der Waals surface area contributed by atoms with E-state index in [1.54, 1.807) is 12.1 Å². The van der Waals surface area contributed by atoms with Crippen molar-refractivity contribution in [1.82, 2.24) is 0 Å². The Hall–Kier alpha value is -0.740. The summed E-state index contributed by atoms with van der Waals surface area (Å²) in [6.07, 6.45) is 5.40. The van der Waals surface area contributed by atoms with E-state index in [4.69, 9.17) is 11.6 Å². The molecule has 0 unspecified atom stereocenters. The summed E-state index contributed by atoms with van der Waals surface area (Å²) < 4.78 is 0. The Morgan fingerprint density at radius 3 is 2.78 bits per heavy atom. The first-order chi connectivity index (χ1) is 8.66. The van der Waals surface area contributed by atoms with Crippen molar-refractivity contribution in [3.63, 3.8) is 0 Å². The lowest BCUT2D eigenvalue weighted by molar-refractivity contribution is -0.384. The number of hydrogen-bond acceptors (Lipinski definition) is 3. The quantitative estimate of drug-likeness (QED) is 0.583. The van der Waals surface area contributed by atoms with Gasteiger partial charge < -0.3 is 0 Å². The van der Waals surface area contributed by atoms with Crippen LogP contribution in [0.25, 0.3) is 0 Å². The maximum absolute atomic E-state index is 10.8. The topological polar surface area (TPSA) is 43.1 Å². The van der Waals surface area contributed by atoms with Gasteiger partial charge in [-0.05, 0) is 36.1 Å². The van der Waals surface area contributed by atoms with E-state index in [1.807, 2.05) is 17.8 Å². The number of hydrogen-bond donors (Lipinski definition) is 0. The molecule has 0 amide bonds. The first-order valence-corrected chi connectivity index (χ1v) is 7.70. The Balaban J connectivity index is 1.88. The van der Waals surface area contributed by atoms with E-state index in [0.29, 0.717) is 0 Å². The molecule has 0 N–H and O–H groups in total. The van der Waals surface area contributed by atoms with E-state index in [-0.39, 0.29) is 10.7 Å². The van der Waals surface area contributed by atoms with Gasteiger partial charge in [-0.3, -0.25) is 10.1 Å². The van der Waals surface area contributed by atoms with Gasteiger partial charge in [0.1, 0.15) is 5.02 Å². The molecular formula is C13H16ClNO2S. The molecule has 1 fully saturated rings. The number of nitro benzene ring substituents is 1. The summed E-state index contributed by atoms with van der Waals surface area (Å²) in [5.41, 5.74) is 0.990. The molecule has 1 aliphatic carbocycles. The molecule has 2 rings (SSSR count). The molecule has 0 aromatic heterocycles. The van der Waals surface area contributed by atoms with Gasteiger partial charge in [0.25, 0.3) is 5.69 Å². The molecule has 3 nitrogen and oxygen atoms in total. The fourth-order valence-corrected chi connectivity index (χ4v) is 3.69. The lowest BCUT2D eigenvalue weighted by Crippen LogP contribution is -1.97. The van der Waals surface area contributed by atoms with Crippen molar-refractivity contribution in [3.05, 3.63) is 38.9 Å². The number of thioether (sulfide) groups is 1. The second kappa shape index (κ2) is 6.43. The first kappa shape index (κ1) is 13.7. The summed E-state index contributed by atoms with van der Waals surface area (Å²) in [6.45, 7) is 0. The fourth-order valence-electron chi connectivity index (χ4n) is 2.31. The van der Waals surface area contributed by atoms with Crippen molar-refractivity contribution >= 4 is 29.1 Å². The average Bonchev–Trinajstić information content (AvgIpc) is 2.84. The summed E-state index contributed by atoms with van der Waals surface area (Å²) in [7, 11) is 0. The summed E-state index contributed by atoms with van der Waals surface area (Å²) in [5.74, 6) is 2.84. The maximum atomic E-state index is 10.8. The normalized spacial score (nSPS) is 16.1. The molecular weight excluding hydrogens is 270 g/mol. The van der Waals surface area contributed by atoms with Crippen molar-refractivity contribution in [2.45, 2.75) is 31.4 Å². The van der Waals surface area contributed by atoms with Gasteiger partial charge in [0.15, 0.2) is 0 Å². The third kappa shape index (κ3) is 3.62. The molecule has 98 valence electrons. The van der Waals surface area contributed by atoms with E-state index in [2.05, 4.69) is 0 Å². The minimum Gasteiger partial charge on any atom is -0.258 e. The van der Waals surface area contributed by atoms with Crippen LogP contribution >= 0.6 is 23.4 Å². The van der Waals surface area contributed by atoms with Gasteiger partial charge in [0.05, 0.1) is 4.92 Å². The van der Waals surface area contributed by atoms with Gasteiger partial charge in [0.2, 0.25) is 0 Å². The van der Waals surface area contributed by atoms with Crippen LogP contribution in [0.15, 0.2) is 18.2 Å². The largest absolute Gasteiger partial charge is 0.288 e. The minimum atomic E-state index is -0.423. The maximum Gasteiger partial charge on any atom is 0.288 e. The second-order valence-corrected chi connectivity index (χ2v) is 6.15. The Morgan fingerprint density at radius 1 is 1.39 bits per heavy atom. The zero-order chi connectivity index (χ0) is 13.0. The van der Waals surface area contributed by atoms with Gasteiger partial charge in [-0.2, -0.15) is 11.8 Å². The molecule has 1 aromatic carbocycles. The zero-order valence-electron chi connectivity index (χ0n) is 10.1. The van der Waals surface area contributed by atoms with Crippen LogP contribution in [0.3, 0.4) is 0 Å². The number of benzene rings is 1. The van der Waals surface area contributed by atoms with Gasteiger partial charge in [-0.15, -0.1) is 0 Å². The molecule has 0 bridgehead atoms. The Bertz CT molecular complexity index is 433. The number of nitrogens with zero attached hydrogens (tertiary/aromatic N) is 1. The van der Waals surface area contributed by atoms with E-state index < -0.39 is 4.92 Å². The average molecular weight is 286 g/mol. The van der Waals surface area contributed by atoms with Gasteiger partial charge in [-0.1, -0.05) is 30.5 Å². The highest BCUT2D eigenvalue weighted by molar-refractivity contribution is 7.98. The third-order valence-electron chi connectivity index (χ3n) is 3.30. The van der Waals surface area contributed by atoms with Crippen LogP contribution in [0.5, 0.6) is 0 Å². The summed E-state index contributed by atoms with van der Waals surface area (Å²) in [5, 5.41) is 11.0. The third-order valence-corrected chi connectivity index (χ3v) is 4.87. The smallest absolute Gasteiger partial charge is 0.258 e. The second-order valence-electron chi connectivity index (χ2n) is 4.71. The van der Waals surface area contributed by atoms with E-state index in [9.17, 15) is 10.1 Å². The molecule has 0 spiro atoms. The van der Waals surface area contributed by atoms with E-state index in [1.165, 1.54) is 25.7 Å². The highest BCUT2D eigenvalue weighted by atomic mass is 35.5. The lowest BCUT2D eigenvalue weighted by atomic mass is 10.1. The Kier molecular flexibility index (Phi) is 4.89.